The summed E-state index contributed by atoms with van der Waals surface area (Å²) in [5, 5.41) is 3.98. The van der Waals surface area contributed by atoms with Crippen LogP contribution in [0.1, 0.15) is 0 Å². The number of rotatable bonds is 1. The molecular formula is C8H7ClFN3O. The predicted octanol–water partition coefficient (Wildman–Crippen LogP) is 2.05. The maximum absolute atomic E-state index is 13.5. The third-order valence-electron chi connectivity index (χ3n) is 1.90. The summed E-state index contributed by atoms with van der Waals surface area (Å²) >= 11 is 5.68. The highest BCUT2D eigenvalue weighted by molar-refractivity contribution is 6.31. The molecular weight excluding hydrogens is 209 g/mol. The number of nitrogens with two attached hydrogens (primary N) is 1. The topological polar surface area (TPSA) is 57.0 Å². The first-order valence-corrected chi connectivity index (χ1v) is 4.20. The molecule has 2 N–H and O–H groups in total. The van der Waals surface area contributed by atoms with Crippen LogP contribution in [0.25, 0.3) is 11.3 Å². The molecule has 2 aromatic heterocycles. The average Bonchev–Trinajstić information content (AvgIpc) is 2.66. The number of nitrogens with zero attached hydrogens (tertiary/aromatic N) is 2. The molecule has 2 aromatic rings. The van der Waals surface area contributed by atoms with Gasteiger partial charge in [-0.2, -0.15) is 5.10 Å². The predicted molar refractivity (Wildman–Crippen MR) is 50.3 cm³/mol. The number of hydrogen-bond acceptors (Lipinski definition) is 3. The first-order valence-electron chi connectivity index (χ1n) is 3.82. The van der Waals surface area contributed by atoms with Gasteiger partial charge in [0.15, 0.2) is 11.6 Å². The fourth-order valence-electron chi connectivity index (χ4n) is 1.15. The molecule has 4 nitrogen and oxygen atoms in total. The van der Waals surface area contributed by atoms with Crippen molar-refractivity contribution in [2.24, 2.45) is 7.05 Å². The van der Waals surface area contributed by atoms with E-state index in [0.29, 0.717) is 5.56 Å². The zero-order valence-corrected chi connectivity index (χ0v) is 8.05. The molecule has 0 saturated heterocycles. The summed E-state index contributed by atoms with van der Waals surface area (Å²) in [5.41, 5.74) is 5.91. The van der Waals surface area contributed by atoms with Crippen LogP contribution in [0, 0.1) is 5.82 Å². The highest BCUT2D eigenvalue weighted by atomic mass is 35.5. The van der Waals surface area contributed by atoms with Gasteiger partial charge < -0.3 is 10.2 Å². The molecule has 0 atom stereocenters. The van der Waals surface area contributed by atoms with Crippen molar-refractivity contribution >= 4 is 17.4 Å². The summed E-state index contributed by atoms with van der Waals surface area (Å²) < 4.78 is 19.5. The van der Waals surface area contributed by atoms with E-state index in [0.717, 1.165) is 0 Å². The molecule has 2 rings (SSSR count). The SMILES string of the molecule is Cn1nc(-c2ccoc2Cl)c(F)c1N. The molecule has 6 heteroatoms. The van der Waals surface area contributed by atoms with Crippen molar-refractivity contribution in [2.75, 3.05) is 5.73 Å². The second-order valence-corrected chi connectivity index (χ2v) is 3.12. The Balaban J connectivity index is 2.63. The van der Waals surface area contributed by atoms with Crippen molar-refractivity contribution in [1.29, 1.82) is 0 Å². The minimum atomic E-state index is -0.587. The molecule has 0 aromatic carbocycles. The second kappa shape index (κ2) is 3.02. The van der Waals surface area contributed by atoms with E-state index in [1.807, 2.05) is 0 Å². The lowest BCUT2D eigenvalue weighted by atomic mass is 10.2. The smallest absolute Gasteiger partial charge is 0.202 e. The quantitative estimate of drug-likeness (QED) is 0.792. The van der Waals surface area contributed by atoms with Crippen LogP contribution < -0.4 is 5.73 Å². The van der Waals surface area contributed by atoms with Crippen LogP contribution in [-0.4, -0.2) is 9.78 Å². The summed E-state index contributed by atoms with van der Waals surface area (Å²) in [4.78, 5) is 0. The van der Waals surface area contributed by atoms with Gasteiger partial charge in [0.2, 0.25) is 5.22 Å². The number of aromatic nitrogens is 2. The Labute approximate surface area is 84.1 Å². The number of anilines is 1. The summed E-state index contributed by atoms with van der Waals surface area (Å²) in [6.07, 6.45) is 1.36. The Hall–Kier alpha value is -1.49. The largest absolute Gasteiger partial charge is 0.452 e. The highest BCUT2D eigenvalue weighted by Crippen LogP contribution is 2.31. The van der Waals surface area contributed by atoms with Crippen molar-refractivity contribution in [2.45, 2.75) is 0 Å². The second-order valence-electron chi connectivity index (χ2n) is 2.78. The Morgan fingerprint density at radius 3 is 2.79 bits per heavy atom. The van der Waals surface area contributed by atoms with Crippen molar-refractivity contribution < 1.29 is 8.81 Å². The number of halogens is 2. The van der Waals surface area contributed by atoms with Gasteiger partial charge in [0, 0.05) is 7.05 Å². The van der Waals surface area contributed by atoms with Crippen LogP contribution in [0.15, 0.2) is 16.7 Å². The van der Waals surface area contributed by atoms with Crippen molar-refractivity contribution in [3.8, 4) is 11.3 Å². The van der Waals surface area contributed by atoms with Gasteiger partial charge in [-0.25, -0.2) is 9.07 Å². The van der Waals surface area contributed by atoms with Gasteiger partial charge in [0.05, 0.1) is 11.8 Å². The van der Waals surface area contributed by atoms with E-state index in [9.17, 15) is 4.39 Å². The summed E-state index contributed by atoms with van der Waals surface area (Å²) in [5.74, 6) is -0.618. The Bertz CT molecular complexity index is 477. The number of hydrogen-bond donors (Lipinski definition) is 1. The zero-order chi connectivity index (χ0) is 10.3. The van der Waals surface area contributed by atoms with Gasteiger partial charge in [0.25, 0.3) is 0 Å². The molecule has 0 radical (unpaired) electrons. The van der Waals surface area contributed by atoms with Crippen LogP contribution in [0.3, 0.4) is 0 Å². The highest BCUT2D eigenvalue weighted by Gasteiger charge is 2.18. The van der Waals surface area contributed by atoms with Gasteiger partial charge in [-0.3, -0.25) is 0 Å². The van der Waals surface area contributed by atoms with Crippen LogP contribution >= 0.6 is 11.6 Å². The van der Waals surface area contributed by atoms with Crippen LogP contribution in [0.4, 0.5) is 10.2 Å². The van der Waals surface area contributed by atoms with Crippen LogP contribution in [0.5, 0.6) is 0 Å². The van der Waals surface area contributed by atoms with Gasteiger partial charge in [0.1, 0.15) is 5.69 Å². The molecule has 14 heavy (non-hydrogen) atoms. The molecule has 0 aliphatic heterocycles. The molecule has 2 heterocycles. The van der Waals surface area contributed by atoms with E-state index in [4.69, 9.17) is 21.8 Å². The number of furan rings is 1. The normalized spacial score (nSPS) is 10.8. The fourth-order valence-corrected chi connectivity index (χ4v) is 1.35. The maximum Gasteiger partial charge on any atom is 0.202 e. The molecule has 0 aliphatic carbocycles. The Morgan fingerprint density at radius 2 is 2.36 bits per heavy atom. The lowest BCUT2D eigenvalue weighted by Gasteiger charge is -1.90. The van der Waals surface area contributed by atoms with E-state index >= 15 is 0 Å². The van der Waals surface area contributed by atoms with E-state index in [1.165, 1.54) is 17.0 Å². The molecule has 0 unspecified atom stereocenters. The lowest BCUT2D eigenvalue weighted by Crippen LogP contribution is -1.97. The van der Waals surface area contributed by atoms with E-state index in [-0.39, 0.29) is 16.7 Å². The Kier molecular flexibility index (Phi) is 1.96. The first-order chi connectivity index (χ1) is 6.61. The van der Waals surface area contributed by atoms with Gasteiger partial charge >= 0.3 is 0 Å². The molecule has 0 aliphatic rings. The number of nitrogen functional groups attached to an aromatic ring is 1. The van der Waals surface area contributed by atoms with Gasteiger partial charge in [-0.1, -0.05) is 0 Å². The first kappa shape index (κ1) is 9.08. The third kappa shape index (κ3) is 1.17. The van der Waals surface area contributed by atoms with Crippen molar-refractivity contribution in [1.82, 2.24) is 9.78 Å². The van der Waals surface area contributed by atoms with E-state index in [2.05, 4.69) is 5.10 Å². The standard InChI is InChI=1S/C8H7ClFN3O/c1-13-8(11)5(10)6(12-13)4-2-3-14-7(4)9/h2-3H,11H2,1H3. The van der Waals surface area contributed by atoms with Crippen LogP contribution in [0.2, 0.25) is 5.22 Å². The van der Waals surface area contributed by atoms with Crippen LogP contribution in [-0.2, 0) is 7.05 Å². The average molecular weight is 216 g/mol. The van der Waals surface area contributed by atoms with E-state index in [1.54, 1.807) is 7.05 Å². The van der Waals surface area contributed by atoms with Crippen molar-refractivity contribution in [3.63, 3.8) is 0 Å². The summed E-state index contributed by atoms with van der Waals surface area (Å²) in [7, 11) is 1.55. The molecule has 74 valence electrons. The fraction of sp³-hybridized carbons (Fsp3) is 0.125. The minimum Gasteiger partial charge on any atom is -0.452 e. The van der Waals surface area contributed by atoms with Crippen molar-refractivity contribution in [3.05, 3.63) is 23.4 Å². The molecule has 0 saturated carbocycles. The molecule has 0 amide bonds. The molecule has 0 spiro atoms. The van der Waals surface area contributed by atoms with Gasteiger partial charge in [-0.05, 0) is 17.7 Å². The Morgan fingerprint density at radius 1 is 1.64 bits per heavy atom. The van der Waals surface area contributed by atoms with Gasteiger partial charge in [-0.15, -0.1) is 0 Å². The third-order valence-corrected chi connectivity index (χ3v) is 2.20. The minimum absolute atomic E-state index is 0.0303. The summed E-state index contributed by atoms with van der Waals surface area (Å²) in [6, 6.07) is 1.53. The molecule has 0 bridgehead atoms. The number of aryl methyl sites for hydroxylation is 1. The maximum atomic E-state index is 13.5. The monoisotopic (exact) mass is 215 g/mol. The summed E-state index contributed by atoms with van der Waals surface area (Å²) in [6.45, 7) is 0. The van der Waals surface area contributed by atoms with E-state index < -0.39 is 5.82 Å². The lowest BCUT2D eigenvalue weighted by molar-refractivity contribution is 0.569. The molecule has 0 fully saturated rings. The zero-order valence-electron chi connectivity index (χ0n) is 7.29.